The quantitative estimate of drug-likeness (QED) is 0.781. The van der Waals surface area contributed by atoms with Crippen LogP contribution in [0.15, 0.2) is 36.7 Å². The van der Waals surface area contributed by atoms with Gasteiger partial charge in [-0.3, -0.25) is 9.80 Å². The third-order valence-electron chi connectivity index (χ3n) is 8.73. The number of ether oxygens (including phenoxy) is 1. The molecule has 4 aliphatic rings. The van der Waals surface area contributed by atoms with Crippen LogP contribution in [0.5, 0.6) is 5.75 Å². The molecule has 32 heavy (non-hydrogen) atoms. The maximum Gasteiger partial charge on any atom is 0.142 e. The third kappa shape index (κ3) is 3.27. The molecular formula is C26H34N4O2. The van der Waals surface area contributed by atoms with Crippen LogP contribution in [-0.4, -0.2) is 69.8 Å². The Labute approximate surface area is 190 Å². The van der Waals surface area contributed by atoms with Crippen molar-refractivity contribution in [3.63, 3.8) is 0 Å². The molecule has 6 nitrogen and oxygen atoms in total. The molecule has 1 N–H and O–H groups in total. The number of hydrogen-bond acceptors (Lipinski definition) is 6. The Balaban J connectivity index is 1.38. The summed E-state index contributed by atoms with van der Waals surface area (Å²) in [5.74, 6) is 2.60. The fourth-order valence-corrected chi connectivity index (χ4v) is 6.80. The van der Waals surface area contributed by atoms with Crippen LogP contribution in [0, 0.1) is 5.92 Å². The van der Waals surface area contributed by atoms with Crippen LogP contribution in [0.2, 0.25) is 0 Å². The van der Waals surface area contributed by atoms with E-state index in [0.717, 1.165) is 75.9 Å². The Morgan fingerprint density at radius 1 is 1.09 bits per heavy atom. The Bertz CT molecular complexity index is 981. The van der Waals surface area contributed by atoms with Crippen molar-refractivity contribution in [1.29, 1.82) is 0 Å². The molecule has 2 saturated heterocycles. The Morgan fingerprint density at radius 3 is 2.66 bits per heavy atom. The van der Waals surface area contributed by atoms with Gasteiger partial charge in [-0.25, -0.2) is 9.97 Å². The van der Waals surface area contributed by atoms with Gasteiger partial charge in [0.2, 0.25) is 0 Å². The number of aromatic nitrogens is 2. The molecule has 2 bridgehead atoms. The number of nitrogens with zero attached hydrogens (tertiary/aromatic N) is 4. The van der Waals surface area contributed by atoms with Crippen LogP contribution in [0.4, 0.5) is 0 Å². The van der Waals surface area contributed by atoms with E-state index < -0.39 is 5.60 Å². The molecule has 2 aromatic rings. The average Bonchev–Trinajstić information content (AvgIpc) is 3.64. The predicted octanol–water partition coefficient (Wildman–Crippen LogP) is 2.79. The summed E-state index contributed by atoms with van der Waals surface area (Å²) in [6.45, 7) is 4.81. The molecule has 6 heteroatoms. The highest BCUT2D eigenvalue weighted by Crippen LogP contribution is 2.56. The molecule has 1 saturated carbocycles. The van der Waals surface area contributed by atoms with E-state index in [1.165, 1.54) is 24.0 Å². The molecule has 0 spiro atoms. The second kappa shape index (κ2) is 7.79. The van der Waals surface area contributed by atoms with Gasteiger partial charge in [-0.05, 0) is 86.9 Å². The molecule has 3 atom stereocenters. The fraction of sp³-hybridized carbons (Fsp3) is 0.615. The van der Waals surface area contributed by atoms with Crippen molar-refractivity contribution in [1.82, 2.24) is 19.8 Å². The van der Waals surface area contributed by atoms with Crippen LogP contribution >= 0.6 is 0 Å². The second-order valence-electron chi connectivity index (χ2n) is 10.4. The highest BCUT2D eigenvalue weighted by atomic mass is 16.5. The van der Waals surface area contributed by atoms with Crippen LogP contribution in [-0.2, 0) is 18.4 Å². The van der Waals surface area contributed by atoms with E-state index in [1.54, 1.807) is 7.11 Å². The standard InChI is InChI=1S/C26H34N4O2/c1-32-21-6-5-20-15-23-26(31)9-13-29(18-24-27-10-2-11-28-24)12-7-25(26,22(20)16-21)8-14-30(23)17-19-3-4-19/h2,5-6,10-11,16,19,23,31H,3-4,7-9,12-15,17-18H2,1H3/t23-,25+,26-/m1/s1. The number of aliphatic hydroxyl groups is 1. The number of likely N-dealkylation sites (tertiary alicyclic amines) is 2. The summed E-state index contributed by atoms with van der Waals surface area (Å²) in [5, 5.41) is 12.6. The number of fused-ring (bicyclic) bond motifs is 1. The van der Waals surface area contributed by atoms with Crippen molar-refractivity contribution < 1.29 is 9.84 Å². The van der Waals surface area contributed by atoms with Gasteiger partial charge in [0.25, 0.3) is 0 Å². The van der Waals surface area contributed by atoms with Gasteiger partial charge in [0, 0.05) is 36.9 Å². The third-order valence-corrected chi connectivity index (χ3v) is 8.73. The summed E-state index contributed by atoms with van der Waals surface area (Å²) in [4.78, 5) is 14.0. The zero-order chi connectivity index (χ0) is 21.8. The maximum absolute atomic E-state index is 12.6. The van der Waals surface area contributed by atoms with Crippen molar-refractivity contribution in [3.8, 4) is 5.75 Å². The zero-order valence-corrected chi connectivity index (χ0v) is 19.0. The van der Waals surface area contributed by atoms with Gasteiger partial charge in [0.05, 0.1) is 19.3 Å². The minimum Gasteiger partial charge on any atom is -0.497 e. The fourth-order valence-electron chi connectivity index (χ4n) is 6.80. The lowest BCUT2D eigenvalue weighted by molar-refractivity contribution is -0.149. The van der Waals surface area contributed by atoms with Crippen LogP contribution in [0.1, 0.15) is 49.1 Å². The largest absolute Gasteiger partial charge is 0.497 e. The molecule has 1 aromatic carbocycles. The molecular weight excluding hydrogens is 400 g/mol. The Hall–Kier alpha value is -2.02. The van der Waals surface area contributed by atoms with Crippen molar-refractivity contribution >= 4 is 0 Å². The molecule has 1 aromatic heterocycles. The van der Waals surface area contributed by atoms with Gasteiger partial charge in [-0.15, -0.1) is 0 Å². The van der Waals surface area contributed by atoms with Crippen molar-refractivity contribution in [2.24, 2.45) is 5.92 Å². The van der Waals surface area contributed by atoms with Gasteiger partial charge in [0.15, 0.2) is 0 Å². The second-order valence-corrected chi connectivity index (χ2v) is 10.4. The number of methoxy groups -OCH3 is 1. The molecule has 0 amide bonds. The van der Waals surface area contributed by atoms with Gasteiger partial charge < -0.3 is 9.84 Å². The smallest absolute Gasteiger partial charge is 0.142 e. The van der Waals surface area contributed by atoms with Gasteiger partial charge in [-0.2, -0.15) is 0 Å². The molecule has 3 fully saturated rings. The molecule has 0 unspecified atom stereocenters. The van der Waals surface area contributed by atoms with E-state index >= 15 is 0 Å². The molecule has 170 valence electrons. The van der Waals surface area contributed by atoms with Gasteiger partial charge in [0.1, 0.15) is 11.6 Å². The molecule has 2 aliphatic heterocycles. The highest BCUT2D eigenvalue weighted by molar-refractivity contribution is 5.48. The topological polar surface area (TPSA) is 61.7 Å². The molecule has 6 rings (SSSR count). The normalized spacial score (nSPS) is 32.6. The van der Waals surface area contributed by atoms with E-state index in [1.807, 2.05) is 18.5 Å². The molecule has 2 aliphatic carbocycles. The van der Waals surface area contributed by atoms with E-state index in [-0.39, 0.29) is 11.5 Å². The first-order valence-corrected chi connectivity index (χ1v) is 12.2. The summed E-state index contributed by atoms with van der Waals surface area (Å²) >= 11 is 0. The first-order valence-electron chi connectivity index (χ1n) is 12.2. The molecule has 3 heterocycles. The summed E-state index contributed by atoms with van der Waals surface area (Å²) < 4.78 is 5.62. The Morgan fingerprint density at radius 2 is 1.88 bits per heavy atom. The van der Waals surface area contributed by atoms with E-state index in [4.69, 9.17) is 4.74 Å². The first kappa shape index (κ1) is 20.6. The van der Waals surface area contributed by atoms with Crippen molar-refractivity contribution in [3.05, 3.63) is 53.6 Å². The summed E-state index contributed by atoms with van der Waals surface area (Å²) in [6.07, 6.45) is 10.0. The van der Waals surface area contributed by atoms with Gasteiger partial charge >= 0.3 is 0 Å². The SMILES string of the molecule is COc1ccc2c(c1)[C@@]13CCN(Cc4ncccn4)CC[C@@]1(O)[C@@H](C2)N(CC1CC1)CC3. The minimum atomic E-state index is -0.716. The number of hydrogen-bond donors (Lipinski definition) is 1. The van der Waals surface area contributed by atoms with Crippen LogP contribution in [0.25, 0.3) is 0 Å². The lowest BCUT2D eigenvalue weighted by atomic mass is 9.52. The number of rotatable bonds is 5. The van der Waals surface area contributed by atoms with Gasteiger partial charge in [-0.1, -0.05) is 6.07 Å². The lowest BCUT2D eigenvalue weighted by Crippen LogP contribution is -2.71. The predicted molar refractivity (Wildman–Crippen MR) is 123 cm³/mol. The van der Waals surface area contributed by atoms with Crippen molar-refractivity contribution in [2.75, 3.05) is 33.3 Å². The summed E-state index contributed by atoms with van der Waals surface area (Å²) in [5.41, 5.74) is 1.80. The van der Waals surface area contributed by atoms with E-state index in [9.17, 15) is 5.11 Å². The van der Waals surface area contributed by atoms with E-state index in [0.29, 0.717) is 0 Å². The summed E-state index contributed by atoms with van der Waals surface area (Å²) in [7, 11) is 1.74. The lowest BCUT2D eigenvalue weighted by Gasteiger charge is -2.61. The van der Waals surface area contributed by atoms with Crippen LogP contribution < -0.4 is 4.74 Å². The minimum absolute atomic E-state index is 0.200. The summed E-state index contributed by atoms with van der Waals surface area (Å²) in [6, 6.07) is 8.64. The monoisotopic (exact) mass is 434 g/mol. The first-order chi connectivity index (χ1) is 15.6. The van der Waals surface area contributed by atoms with Crippen LogP contribution in [0.3, 0.4) is 0 Å². The van der Waals surface area contributed by atoms with E-state index in [2.05, 4.69) is 38.0 Å². The Kier molecular flexibility index (Phi) is 5.01. The van der Waals surface area contributed by atoms with Crippen molar-refractivity contribution in [2.45, 2.75) is 62.1 Å². The number of benzene rings is 1. The maximum atomic E-state index is 12.6. The zero-order valence-electron chi connectivity index (χ0n) is 19.0. The highest BCUT2D eigenvalue weighted by Gasteiger charge is 2.63. The average molecular weight is 435 g/mol. The number of piperidine rings is 1. The molecule has 0 radical (unpaired) electrons.